The molecule has 4 nitrogen and oxygen atoms in total. The molecule has 2 aromatic carbocycles. The van der Waals surface area contributed by atoms with Gasteiger partial charge in [0.25, 0.3) is 0 Å². The molecular formula is C19H21NO3S. The van der Waals surface area contributed by atoms with Crippen molar-refractivity contribution < 1.29 is 14.3 Å². The van der Waals surface area contributed by atoms with Crippen molar-refractivity contribution in [3.05, 3.63) is 42.5 Å². The van der Waals surface area contributed by atoms with Crippen LogP contribution in [0.15, 0.2) is 47.4 Å². The largest absolute Gasteiger partial charge is 0.497 e. The summed E-state index contributed by atoms with van der Waals surface area (Å²) in [5.74, 6) is 0.952. The van der Waals surface area contributed by atoms with Crippen LogP contribution >= 0.6 is 11.8 Å². The summed E-state index contributed by atoms with van der Waals surface area (Å²) in [5, 5.41) is -0.0722. The molecule has 0 aromatic heterocycles. The van der Waals surface area contributed by atoms with Crippen LogP contribution in [0.5, 0.6) is 5.75 Å². The van der Waals surface area contributed by atoms with Gasteiger partial charge in [-0.05, 0) is 42.3 Å². The molecule has 1 atom stereocenters. The first-order chi connectivity index (χ1) is 11.6. The third-order valence-electron chi connectivity index (χ3n) is 4.09. The van der Waals surface area contributed by atoms with Crippen LogP contribution in [0.2, 0.25) is 0 Å². The molecule has 1 amide bonds. The second kappa shape index (κ2) is 7.28. The number of anilines is 1. The van der Waals surface area contributed by atoms with Crippen LogP contribution in [0.3, 0.4) is 0 Å². The summed E-state index contributed by atoms with van der Waals surface area (Å²) in [4.78, 5) is 15.5. The molecule has 0 saturated carbocycles. The van der Waals surface area contributed by atoms with Crippen LogP contribution in [-0.2, 0) is 9.53 Å². The summed E-state index contributed by atoms with van der Waals surface area (Å²) in [6.45, 7) is 3.03. The number of methoxy groups -OCH3 is 2. The number of carbonyl (C=O) groups is 1. The second-order valence-electron chi connectivity index (χ2n) is 5.66. The predicted octanol–water partition coefficient (Wildman–Crippen LogP) is 3.84. The number of amides is 1. The van der Waals surface area contributed by atoms with Gasteiger partial charge in [0.2, 0.25) is 5.91 Å². The van der Waals surface area contributed by atoms with E-state index < -0.39 is 0 Å². The van der Waals surface area contributed by atoms with Gasteiger partial charge >= 0.3 is 0 Å². The van der Waals surface area contributed by atoms with Gasteiger partial charge in [-0.3, -0.25) is 4.79 Å². The van der Waals surface area contributed by atoms with E-state index in [4.69, 9.17) is 9.47 Å². The Morgan fingerprint density at radius 1 is 1.12 bits per heavy atom. The highest BCUT2D eigenvalue weighted by molar-refractivity contribution is 8.01. The lowest BCUT2D eigenvalue weighted by atomic mass is 10.0. The molecule has 5 heteroatoms. The molecule has 0 bridgehead atoms. The Balaban J connectivity index is 2.01. The first-order valence-corrected chi connectivity index (χ1v) is 8.77. The number of thioether (sulfide) groups is 1. The van der Waals surface area contributed by atoms with Gasteiger partial charge in [-0.15, -0.1) is 11.8 Å². The lowest BCUT2D eigenvalue weighted by Crippen LogP contribution is -2.41. The zero-order chi connectivity index (χ0) is 17.1. The topological polar surface area (TPSA) is 38.8 Å². The predicted molar refractivity (Wildman–Crippen MR) is 98.0 cm³/mol. The van der Waals surface area contributed by atoms with Crippen LogP contribution in [0, 0.1) is 0 Å². The lowest BCUT2D eigenvalue weighted by Gasteiger charge is -2.32. The maximum absolute atomic E-state index is 12.6. The quantitative estimate of drug-likeness (QED) is 0.827. The van der Waals surface area contributed by atoms with E-state index in [2.05, 4.69) is 18.2 Å². The summed E-state index contributed by atoms with van der Waals surface area (Å²) in [6.07, 6.45) is 0. The van der Waals surface area contributed by atoms with Gasteiger partial charge in [0.15, 0.2) is 0 Å². The summed E-state index contributed by atoms with van der Waals surface area (Å²) < 4.78 is 10.5. The number of ether oxygens (including phenoxy) is 2. The summed E-state index contributed by atoms with van der Waals surface area (Å²) in [5.41, 5.74) is 3.10. The number of rotatable bonds is 5. The minimum atomic E-state index is -0.0722. The van der Waals surface area contributed by atoms with Crippen molar-refractivity contribution in [1.82, 2.24) is 0 Å². The van der Waals surface area contributed by atoms with Gasteiger partial charge in [0.05, 0.1) is 24.7 Å². The normalized spacial score (nSPS) is 16.9. The Bertz CT molecular complexity index is 747. The standard InChI is InChI=1S/C19H21NO3S/c1-13-19(21)20(9-10-22-2)17-12-15(7-8-18(17)24-13)14-5-4-6-16(11-14)23-3/h4-8,11-13H,9-10H2,1-3H3. The van der Waals surface area contributed by atoms with Gasteiger partial charge in [-0.2, -0.15) is 0 Å². The number of hydrogen-bond acceptors (Lipinski definition) is 4. The van der Waals surface area contributed by atoms with Crippen molar-refractivity contribution in [2.75, 3.05) is 32.3 Å². The van der Waals surface area contributed by atoms with Crippen molar-refractivity contribution in [2.24, 2.45) is 0 Å². The van der Waals surface area contributed by atoms with E-state index in [0.29, 0.717) is 13.2 Å². The van der Waals surface area contributed by atoms with E-state index in [1.165, 1.54) is 0 Å². The monoisotopic (exact) mass is 343 g/mol. The van der Waals surface area contributed by atoms with E-state index in [0.717, 1.165) is 27.5 Å². The van der Waals surface area contributed by atoms with Gasteiger partial charge in [0, 0.05) is 18.6 Å². The van der Waals surface area contributed by atoms with Crippen LogP contribution in [-0.4, -0.2) is 38.5 Å². The fourth-order valence-corrected chi connectivity index (χ4v) is 3.85. The Labute approximate surface area is 146 Å². The second-order valence-corrected chi connectivity index (χ2v) is 7.04. The van der Waals surface area contributed by atoms with Crippen molar-refractivity contribution in [3.63, 3.8) is 0 Å². The number of carbonyl (C=O) groups excluding carboxylic acids is 1. The highest BCUT2D eigenvalue weighted by Gasteiger charge is 2.30. The van der Waals surface area contributed by atoms with Crippen molar-refractivity contribution in [2.45, 2.75) is 17.1 Å². The van der Waals surface area contributed by atoms with Crippen LogP contribution in [0.1, 0.15) is 6.92 Å². The maximum atomic E-state index is 12.6. The molecule has 24 heavy (non-hydrogen) atoms. The molecule has 0 aliphatic carbocycles. The van der Waals surface area contributed by atoms with Gasteiger partial charge in [-0.1, -0.05) is 18.2 Å². The number of nitrogens with zero attached hydrogens (tertiary/aromatic N) is 1. The average Bonchev–Trinajstić information content (AvgIpc) is 2.62. The van der Waals surface area contributed by atoms with E-state index >= 15 is 0 Å². The van der Waals surface area contributed by atoms with Crippen LogP contribution in [0.25, 0.3) is 11.1 Å². The molecule has 0 radical (unpaired) electrons. The molecule has 1 heterocycles. The first kappa shape index (κ1) is 16.9. The molecular weight excluding hydrogens is 322 g/mol. The lowest BCUT2D eigenvalue weighted by molar-refractivity contribution is -0.118. The van der Waals surface area contributed by atoms with Gasteiger partial charge < -0.3 is 14.4 Å². The SMILES string of the molecule is COCCN1C(=O)C(C)Sc2ccc(-c3cccc(OC)c3)cc21. The van der Waals surface area contributed by atoms with E-state index in [1.54, 1.807) is 26.0 Å². The third kappa shape index (κ3) is 3.28. The third-order valence-corrected chi connectivity index (χ3v) is 5.24. The number of hydrogen-bond donors (Lipinski definition) is 0. The molecule has 126 valence electrons. The van der Waals surface area contributed by atoms with Crippen LogP contribution in [0.4, 0.5) is 5.69 Å². The zero-order valence-corrected chi connectivity index (χ0v) is 14.9. The summed E-state index contributed by atoms with van der Waals surface area (Å²) in [6, 6.07) is 14.2. The molecule has 0 spiro atoms. The Kier molecular flexibility index (Phi) is 5.11. The Morgan fingerprint density at radius 2 is 1.92 bits per heavy atom. The Morgan fingerprint density at radius 3 is 2.67 bits per heavy atom. The smallest absolute Gasteiger partial charge is 0.240 e. The molecule has 2 aromatic rings. The molecule has 1 aliphatic rings. The highest BCUT2D eigenvalue weighted by atomic mass is 32.2. The maximum Gasteiger partial charge on any atom is 0.240 e. The average molecular weight is 343 g/mol. The van der Waals surface area contributed by atoms with E-state index in [1.807, 2.05) is 36.1 Å². The molecule has 0 N–H and O–H groups in total. The fourth-order valence-electron chi connectivity index (χ4n) is 2.80. The van der Waals surface area contributed by atoms with Crippen molar-refractivity contribution in [3.8, 4) is 16.9 Å². The number of fused-ring (bicyclic) bond motifs is 1. The van der Waals surface area contributed by atoms with Crippen molar-refractivity contribution >= 4 is 23.4 Å². The van der Waals surface area contributed by atoms with E-state index in [-0.39, 0.29) is 11.2 Å². The zero-order valence-electron chi connectivity index (χ0n) is 14.1. The van der Waals surface area contributed by atoms with Crippen LogP contribution < -0.4 is 9.64 Å². The molecule has 3 rings (SSSR count). The van der Waals surface area contributed by atoms with Gasteiger partial charge in [-0.25, -0.2) is 0 Å². The van der Waals surface area contributed by atoms with Gasteiger partial charge in [0.1, 0.15) is 5.75 Å². The van der Waals surface area contributed by atoms with Crippen molar-refractivity contribution in [1.29, 1.82) is 0 Å². The number of benzene rings is 2. The molecule has 1 aliphatic heterocycles. The molecule has 1 unspecified atom stereocenters. The van der Waals surface area contributed by atoms with E-state index in [9.17, 15) is 4.79 Å². The minimum Gasteiger partial charge on any atom is -0.497 e. The summed E-state index contributed by atoms with van der Waals surface area (Å²) in [7, 11) is 3.31. The minimum absolute atomic E-state index is 0.0722. The molecule has 0 saturated heterocycles. The Hall–Kier alpha value is -1.98. The fraction of sp³-hybridized carbons (Fsp3) is 0.316. The first-order valence-electron chi connectivity index (χ1n) is 7.89. The molecule has 0 fully saturated rings. The summed E-state index contributed by atoms with van der Waals surface area (Å²) >= 11 is 1.61. The highest BCUT2D eigenvalue weighted by Crippen LogP contribution is 2.41.